The summed E-state index contributed by atoms with van der Waals surface area (Å²) in [5, 5.41) is 0.709. The summed E-state index contributed by atoms with van der Waals surface area (Å²) in [6.07, 6.45) is 1.80. The molecule has 1 heterocycles. The van der Waals surface area contributed by atoms with Crippen LogP contribution in [0.1, 0.15) is 11.1 Å². The smallest absolute Gasteiger partial charge is 0.253 e. The summed E-state index contributed by atoms with van der Waals surface area (Å²) in [5.41, 5.74) is 1.88. The molecule has 2 rings (SSSR count). The Morgan fingerprint density at radius 3 is 2.56 bits per heavy atom. The standard InChI is InChI=1S/C13H12ClNO/c1-10-3-2-8-15(13(10)16)9-11-4-6-12(14)7-5-11/h2-8H,9H2,1H3. The van der Waals surface area contributed by atoms with E-state index in [1.807, 2.05) is 43.3 Å². The lowest BCUT2D eigenvalue weighted by Crippen LogP contribution is -2.21. The molecule has 0 radical (unpaired) electrons. The van der Waals surface area contributed by atoms with Crippen molar-refractivity contribution in [3.63, 3.8) is 0 Å². The van der Waals surface area contributed by atoms with Crippen LogP contribution in [0.5, 0.6) is 0 Å². The molecule has 3 heteroatoms. The van der Waals surface area contributed by atoms with Crippen molar-refractivity contribution in [2.75, 3.05) is 0 Å². The first-order valence-corrected chi connectivity index (χ1v) is 5.45. The molecule has 2 nitrogen and oxygen atoms in total. The van der Waals surface area contributed by atoms with E-state index in [-0.39, 0.29) is 5.56 Å². The van der Waals surface area contributed by atoms with Gasteiger partial charge in [0.05, 0.1) is 6.54 Å². The van der Waals surface area contributed by atoms with Crippen LogP contribution in [0, 0.1) is 6.92 Å². The lowest BCUT2D eigenvalue weighted by atomic mass is 10.2. The van der Waals surface area contributed by atoms with Crippen LogP contribution in [0.4, 0.5) is 0 Å². The van der Waals surface area contributed by atoms with Crippen molar-refractivity contribution >= 4 is 11.6 Å². The van der Waals surface area contributed by atoms with Crippen molar-refractivity contribution in [1.82, 2.24) is 4.57 Å². The van der Waals surface area contributed by atoms with E-state index in [1.165, 1.54) is 0 Å². The first-order chi connectivity index (χ1) is 7.66. The van der Waals surface area contributed by atoms with E-state index in [0.717, 1.165) is 11.1 Å². The maximum Gasteiger partial charge on any atom is 0.253 e. The van der Waals surface area contributed by atoms with Gasteiger partial charge in [0.2, 0.25) is 0 Å². The van der Waals surface area contributed by atoms with E-state index < -0.39 is 0 Å². The summed E-state index contributed by atoms with van der Waals surface area (Å²) in [5.74, 6) is 0. The number of benzene rings is 1. The molecule has 0 aliphatic heterocycles. The van der Waals surface area contributed by atoms with E-state index >= 15 is 0 Å². The third kappa shape index (κ3) is 2.34. The molecule has 0 saturated carbocycles. The Bertz CT molecular complexity index is 543. The van der Waals surface area contributed by atoms with Crippen LogP contribution in [0.2, 0.25) is 5.02 Å². The minimum absolute atomic E-state index is 0.0532. The van der Waals surface area contributed by atoms with Crippen molar-refractivity contribution in [3.8, 4) is 0 Å². The number of hydrogen-bond donors (Lipinski definition) is 0. The normalized spacial score (nSPS) is 10.4. The fraction of sp³-hybridized carbons (Fsp3) is 0.154. The maximum absolute atomic E-state index is 11.8. The highest BCUT2D eigenvalue weighted by Gasteiger charge is 1.99. The highest BCUT2D eigenvalue weighted by molar-refractivity contribution is 6.30. The van der Waals surface area contributed by atoms with Crippen LogP contribution in [0.25, 0.3) is 0 Å². The Morgan fingerprint density at radius 1 is 1.19 bits per heavy atom. The summed E-state index contributed by atoms with van der Waals surface area (Å²) in [7, 11) is 0. The summed E-state index contributed by atoms with van der Waals surface area (Å²) in [6, 6.07) is 11.2. The highest BCUT2D eigenvalue weighted by atomic mass is 35.5. The third-order valence-corrected chi connectivity index (χ3v) is 2.73. The second-order valence-corrected chi connectivity index (χ2v) is 4.19. The molecule has 0 N–H and O–H groups in total. The molecule has 0 aliphatic carbocycles. The van der Waals surface area contributed by atoms with Crippen LogP contribution >= 0.6 is 11.6 Å². The zero-order valence-electron chi connectivity index (χ0n) is 8.98. The predicted molar refractivity (Wildman–Crippen MR) is 66.0 cm³/mol. The van der Waals surface area contributed by atoms with Gasteiger partial charge >= 0.3 is 0 Å². The van der Waals surface area contributed by atoms with E-state index in [9.17, 15) is 4.79 Å². The second kappa shape index (κ2) is 4.54. The molecular formula is C13H12ClNO. The number of aromatic nitrogens is 1. The van der Waals surface area contributed by atoms with Gasteiger partial charge in [-0.25, -0.2) is 0 Å². The molecule has 0 amide bonds. The van der Waals surface area contributed by atoms with Gasteiger partial charge in [0, 0.05) is 16.8 Å². The number of halogens is 1. The van der Waals surface area contributed by atoms with Gasteiger partial charge in [-0.3, -0.25) is 4.79 Å². The van der Waals surface area contributed by atoms with E-state index in [1.54, 1.807) is 10.8 Å². The Kier molecular flexibility index (Phi) is 3.11. The molecular weight excluding hydrogens is 222 g/mol. The zero-order chi connectivity index (χ0) is 11.5. The lowest BCUT2D eigenvalue weighted by Gasteiger charge is -2.06. The minimum atomic E-state index is 0.0532. The molecule has 0 aliphatic rings. The Morgan fingerprint density at radius 2 is 1.88 bits per heavy atom. The monoisotopic (exact) mass is 233 g/mol. The number of aryl methyl sites for hydroxylation is 1. The molecule has 2 aromatic rings. The van der Waals surface area contributed by atoms with Crippen molar-refractivity contribution in [1.29, 1.82) is 0 Å². The van der Waals surface area contributed by atoms with Crippen molar-refractivity contribution in [3.05, 3.63) is 69.1 Å². The van der Waals surface area contributed by atoms with Gasteiger partial charge in [-0.15, -0.1) is 0 Å². The number of rotatable bonds is 2. The van der Waals surface area contributed by atoms with E-state index in [0.29, 0.717) is 11.6 Å². The first kappa shape index (κ1) is 11.0. The lowest BCUT2D eigenvalue weighted by molar-refractivity contribution is 0.752. The largest absolute Gasteiger partial charge is 0.311 e. The SMILES string of the molecule is Cc1cccn(Cc2ccc(Cl)cc2)c1=O. The molecule has 1 aromatic heterocycles. The van der Waals surface area contributed by atoms with E-state index in [2.05, 4.69) is 0 Å². The fourth-order valence-corrected chi connectivity index (χ4v) is 1.69. The van der Waals surface area contributed by atoms with Gasteiger partial charge in [-0.1, -0.05) is 29.8 Å². The van der Waals surface area contributed by atoms with Crippen LogP contribution in [-0.2, 0) is 6.54 Å². The highest BCUT2D eigenvalue weighted by Crippen LogP contribution is 2.10. The predicted octanol–water partition coefficient (Wildman–Crippen LogP) is 2.86. The second-order valence-electron chi connectivity index (χ2n) is 3.75. The molecule has 1 aromatic carbocycles. The number of hydrogen-bond acceptors (Lipinski definition) is 1. The van der Waals surface area contributed by atoms with Crippen LogP contribution in [-0.4, -0.2) is 4.57 Å². The topological polar surface area (TPSA) is 22.0 Å². The van der Waals surface area contributed by atoms with Gasteiger partial charge < -0.3 is 4.57 Å². The number of nitrogens with zero attached hydrogens (tertiary/aromatic N) is 1. The molecule has 0 atom stereocenters. The average Bonchev–Trinajstić information content (AvgIpc) is 2.28. The molecule has 0 spiro atoms. The van der Waals surface area contributed by atoms with Gasteiger partial charge in [-0.05, 0) is 30.7 Å². The van der Waals surface area contributed by atoms with Crippen LogP contribution in [0.15, 0.2) is 47.4 Å². The molecule has 0 bridgehead atoms. The van der Waals surface area contributed by atoms with Crippen molar-refractivity contribution in [2.24, 2.45) is 0 Å². The van der Waals surface area contributed by atoms with Gasteiger partial charge in [0.25, 0.3) is 5.56 Å². The summed E-state index contributed by atoms with van der Waals surface area (Å²) < 4.78 is 1.69. The quantitative estimate of drug-likeness (QED) is 0.782. The number of pyridine rings is 1. The van der Waals surface area contributed by atoms with Gasteiger partial charge in [-0.2, -0.15) is 0 Å². The van der Waals surface area contributed by atoms with Gasteiger partial charge in [0.15, 0.2) is 0 Å². The maximum atomic E-state index is 11.8. The van der Waals surface area contributed by atoms with Crippen LogP contribution in [0.3, 0.4) is 0 Å². The zero-order valence-corrected chi connectivity index (χ0v) is 9.74. The summed E-state index contributed by atoms with van der Waals surface area (Å²) in [4.78, 5) is 11.8. The first-order valence-electron chi connectivity index (χ1n) is 5.07. The summed E-state index contributed by atoms with van der Waals surface area (Å²) in [6.45, 7) is 2.40. The summed E-state index contributed by atoms with van der Waals surface area (Å²) >= 11 is 5.80. The Labute approximate surface area is 99.1 Å². The average molecular weight is 234 g/mol. The molecule has 0 unspecified atom stereocenters. The van der Waals surface area contributed by atoms with E-state index in [4.69, 9.17) is 11.6 Å². The fourth-order valence-electron chi connectivity index (χ4n) is 1.57. The van der Waals surface area contributed by atoms with Crippen LogP contribution < -0.4 is 5.56 Å². The van der Waals surface area contributed by atoms with Crippen molar-refractivity contribution in [2.45, 2.75) is 13.5 Å². The minimum Gasteiger partial charge on any atom is -0.311 e. The van der Waals surface area contributed by atoms with Crippen molar-refractivity contribution < 1.29 is 0 Å². The third-order valence-electron chi connectivity index (χ3n) is 2.48. The molecule has 16 heavy (non-hydrogen) atoms. The van der Waals surface area contributed by atoms with Gasteiger partial charge in [0.1, 0.15) is 0 Å². The molecule has 82 valence electrons. The Balaban J connectivity index is 2.31. The Hall–Kier alpha value is -1.54. The molecule has 0 fully saturated rings. The molecule has 0 saturated heterocycles.